The van der Waals surface area contributed by atoms with Gasteiger partial charge < -0.3 is 5.32 Å². The molecule has 0 spiro atoms. The summed E-state index contributed by atoms with van der Waals surface area (Å²) >= 11 is 0. The molecule has 1 aliphatic rings. The van der Waals surface area contributed by atoms with Gasteiger partial charge in [0.2, 0.25) is 0 Å². The average molecular weight is 223 g/mol. The number of allylic oxidation sites excluding steroid dienone is 1. The Morgan fingerprint density at radius 2 is 2.12 bits per heavy atom. The van der Waals surface area contributed by atoms with Crippen molar-refractivity contribution in [3.63, 3.8) is 0 Å². The van der Waals surface area contributed by atoms with Crippen LogP contribution in [0.3, 0.4) is 0 Å². The van der Waals surface area contributed by atoms with Gasteiger partial charge in [0.25, 0.3) is 0 Å². The lowest BCUT2D eigenvalue weighted by Gasteiger charge is -2.25. The molecule has 0 saturated heterocycles. The topological polar surface area (TPSA) is 12.0 Å². The van der Waals surface area contributed by atoms with E-state index in [2.05, 4.69) is 32.2 Å². The van der Waals surface area contributed by atoms with E-state index in [0.717, 1.165) is 24.9 Å². The van der Waals surface area contributed by atoms with E-state index >= 15 is 0 Å². The van der Waals surface area contributed by atoms with Gasteiger partial charge in [0.15, 0.2) is 0 Å². The Labute approximate surface area is 102 Å². The highest BCUT2D eigenvalue weighted by Crippen LogP contribution is 2.30. The van der Waals surface area contributed by atoms with Crippen molar-refractivity contribution in [1.29, 1.82) is 0 Å². The van der Waals surface area contributed by atoms with Crippen LogP contribution in [0.1, 0.15) is 59.3 Å². The number of hydrogen-bond acceptors (Lipinski definition) is 1. The maximum Gasteiger partial charge on any atom is 0.0164 e. The van der Waals surface area contributed by atoms with Crippen LogP contribution in [0.15, 0.2) is 11.6 Å². The van der Waals surface area contributed by atoms with Crippen LogP contribution in [0, 0.1) is 11.8 Å². The molecule has 2 unspecified atom stereocenters. The molecule has 0 aromatic carbocycles. The van der Waals surface area contributed by atoms with Gasteiger partial charge in [0, 0.05) is 6.54 Å². The molecule has 0 aromatic heterocycles. The van der Waals surface area contributed by atoms with Gasteiger partial charge in [-0.3, -0.25) is 0 Å². The predicted molar refractivity (Wildman–Crippen MR) is 72.7 cm³/mol. The second kappa shape index (κ2) is 7.89. The molecule has 0 heterocycles. The first-order valence-electron chi connectivity index (χ1n) is 7.16. The van der Waals surface area contributed by atoms with E-state index in [1.807, 2.05) is 0 Å². The number of nitrogens with one attached hydrogen (secondary N) is 1. The van der Waals surface area contributed by atoms with E-state index in [1.165, 1.54) is 38.5 Å². The Balaban J connectivity index is 2.37. The molecule has 1 nitrogen and oxygen atoms in total. The fraction of sp³-hybridized carbons (Fsp3) is 0.867. The smallest absolute Gasteiger partial charge is 0.0164 e. The third-order valence-electron chi connectivity index (χ3n) is 3.68. The average Bonchev–Trinajstić information content (AvgIpc) is 2.28. The molecule has 0 radical (unpaired) electrons. The van der Waals surface area contributed by atoms with Crippen LogP contribution >= 0.6 is 0 Å². The Kier molecular flexibility index (Phi) is 6.79. The molecule has 1 saturated carbocycles. The van der Waals surface area contributed by atoms with Crippen LogP contribution in [-0.2, 0) is 0 Å². The monoisotopic (exact) mass is 223 g/mol. The molecule has 1 aliphatic carbocycles. The van der Waals surface area contributed by atoms with Gasteiger partial charge in [-0.15, -0.1) is 0 Å². The normalized spacial score (nSPS) is 27.1. The summed E-state index contributed by atoms with van der Waals surface area (Å²) in [4.78, 5) is 0. The highest BCUT2D eigenvalue weighted by Gasteiger charge is 2.17. The number of hydrogen-bond donors (Lipinski definition) is 1. The van der Waals surface area contributed by atoms with Crippen molar-refractivity contribution < 1.29 is 0 Å². The molecule has 1 heteroatoms. The standard InChI is InChI=1S/C15H29N/c1-4-9-16-12-14(5-2)11-15-8-6-7-13(3)10-15/h11,13,15-16H,4-10,12H2,1-3H3. The van der Waals surface area contributed by atoms with Crippen molar-refractivity contribution in [2.24, 2.45) is 11.8 Å². The molecule has 1 fully saturated rings. The second-order valence-electron chi connectivity index (χ2n) is 5.39. The molecular formula is C15H29N. The third-order valence-corrected chi connectivity index (χ3v) is 3.68. The largest absolute Gasteiger partial charge is 0.313 e. The van der Waals surface area contributed by atoms with Crippen LogP contribution in [0.5, 0.6) is 0 Å². The lowest BCUT2D eigenvalue weighted by atomic mass is 9.81. The highest BCUT2D eigenvalue weighted by atomic mass is 14.8. The summed E-state index contributed by atoms with van der Waals surface area (Å²) in [5.41, 5.74) is 1.62. The fourth-order valence-electron chi connectivity index (χ4n) is 2.69. The molecule has 0 bridgehead atoms. The SMILES string of the molecule is CCCNCC(=CC1CCCC(C)C1)CC. The van der Waals surface area contributed by atoms with Crippen LogP contribution < -0.4 is 5.32 Å². The van der Waals surface area contributed by atoms with Crippen molar-refractivity contribution in [2.75, 3.05) is 13.1 Å². The number of rotatable bonds is 6. The first-order valence-corrected chi connectivity index (χ1v) is 7.16. The minimum absolute atomic E-state index is 0.863. The van der Waals surface area contributed by atoms with Gasteiger partial charge in [-0.1, -0.05) is 45.3 Å². The minimum atomic E-state index is 0.863. The first kappa shape index (κ1) is 13.8. The van der Waals surface area contributed by atoms with Gasteiger partial charge in [0.05, 0.1) is 0 Å². The summed E-state index contributed by atoms with van der Waals surface area (Å²) in [6.45, 7) is 9.17. The Bertz CT molecular complexity index is 207. The van der Waals surface area contributed by atoms with Crippen molar-refractivity contribution >= 4 is 0 Å². The molecule has 0 aliphatic heterocycles. The van der Waals surface area contributed by atoms with Crippen LogP contribution in [0.2, 0.25) is 0 Å². The van der Waals surface area contributed by atoms with E-state index in [1.54, 1.807) is 5.57 Å². The van der Waals surface area contributed by atoms with Crippen LogP contribution in [-0.4, -0.2) is 13.1 Å². The molecule has 0 amide bonds. The van der Waals surface area contributed by atoms with E-state index in [-0.39, 0.29) is 0 Å². The van der Waals surface area contributed by atoms with E-state index in [0.29, 0.717) is 0 Å². The van der Waals surface area contributed by atoms with Gasteiger partial charge in [-0.2, -0.15) is 0 Å². The summed E-state index contributed by atoms with van der Waals surface area (Å²) < 4.78 is 0. The molecule has 1 rings (SSSR count). The van der Waals surface area contributed by atoms with Gasteiger partial charge in [-0.05, 0) is 44.1 Å². The summed E-state index contributed by atoms with van der Waals surface area (Å²) in [5, 5.41) is 3.52. The third kappa shape index (κ3) is 5.16. The van der Waals surface area contributed by atoms with E-state index in [4.69, 9.17) is 0 Å². The Morgan fingerprint density at radius 3 is 2.75 bits per heavy atom. The van der Waals surface area contributed by atoms with E-state index in [9.17, 15) is 0 Å². The zero-order valence-corrected chi connectivity index (χ0v) is 11.4. The molecule has 2 atom stereocenters. The fourth-order valence-corrected chi connectivity index (χ4v) is 2.69. The van der Waals surface area contributed by atoms with Crippen molar-refractivity contribution in [1.82, 2.24) is 5.32 Å². The maximum atomic E-state index is 3.52. The van der Waals surface area contributed by atoms with Gasteiger partial charge in [0.1, 0.15) is 0 Å². The summed E-state index contributed by atoms with van der Waals surface area (Å²) in [6, 6.07) is 0. The van der Waals surface area contributed by atoms with Gasteiger partial charge in [-0.25, -0.2) is 0 Å². The Morgan fingerprint density at radius 1 is 1.31 bits per heavy atom. The molecular weight excluding hydrogens is 194 g/mol. The van der Waals surface area contributed by atoms with Crippen molar-refractivity contribution in [3.05, 3.63) is 11.6 Å². The zero-order chi connectivity index (χ0) is 11.8. The second-order valence-corrected chi connectivity index (χ2v) is 5.39. The zero-order valence-electron chi connectivity index (χ0n) is 11.4. The lowest BCUT2D eigenvalue weighted by Crippen LogP contribution is -2.19. The Hall–Kier alpha value is -0.300. The van der Waals surface area contributed by atoms with E-state index < -0.39 is 0 Å². The quantitative estimate of drug-likeness (QED) is 0.527. The van der Waals surface area contributed by atoms with Gasteiger partial charge >= 0.3 is 0 Å². The predicted octanol–water partition coefficient (Wildman–Crippen LogP) is 4.15. The molecule has 0 aromatic rings. The lowest BCUT2D eigenvalue weighted by molar-refractivity contribution is 0.324. The molecule has 94 valence electrons. The van der Waals surface area contributed by atoms with Crippen molar-refractivity contribution in [2.45, 2.75) is 59.3 Å². The highest BCUT2D eigenvalue weighted by molar-refractivity contribution is 5.06. The molecule has 1 N–H and O–H groups in total. The summed E-state index contributed by atoms with van der Waals surface area (Å²) in [5.74, 6) is 1.80. The summed E-state index contributed by atoms with van der Waals surface area (Å²) in [7, 11) is 0. The minimum Gasteiger partial charge on any atom is -0.313 e. The van der Waals surface area contributed by atoms with Crippen LogP contribution in [0.4, 0.5) is 0 Å². The maximum absolute atomic E-state index is 3.52. The first-order chi connectivity index (χ1) is 7.76. The van der Waals surface area contributed by atoms with Crippen molar-refractivity contribution in [3.8, 4) is 0 Å². The molecule has 16 heavy (non-hydrogen) atoms. The summed E-state index contributed by atoms with van der Waals surface area (Å²) in [6.07, 6.45) is 10.7. The van der Waals surface area contributed by atoms with Crippen LogP contribution in [0.25, 0.3) is 0 Å².